The zero-order valence-electron chi connectivity index (χ0n) is 15.8. The van der Waals surface area contributed by atoms with Crippen LogP contribution >= 0.6 is 11.8 Å². The number of anilines is 1. The number of carbonyl (C=O) groups excluding carboxylic acids is 1. The molecule has 0 fully saturated rings. The SMILES string of the molecule is COc1ccc(C)cc1NC(=O)CSc1nc(C)c(C)n1CC(C)C. The zero-order chi connectivity index (χ0) is 18.6. The molecule has 0 aliphatic heterocycles. The van der Waals surface area contributed by atoms with E-state index in [-0.39, 0.29) is 5.91 Å². The lowest BCUT2D eigenvalue weighted by atomic mass is 10.2. The standard InChI is InChI=1S/C19H27N3O2S/c1-12(2)10-22-15(5)14(4)20-19(22)25-11-18(23)21-16-9-13(3)7-8-17(16)24-6/h7-9,12H,10-11H2,1-6H3,(H,21,23). The van der Waals surface area contributed by atoms with E-state index in [1.807, 2.05) is 32.0 Å². The summed E-state index contributed by atoms with van der Waals surface area (Å²) < 4.78 is 7.51. The number of methoxy groups -OCH3 is 1. The molecule has 0 atom stereocenters. The quantitative estimate of drug-likeness (QED) is 0.751. The van der Waals surface area contributed by atoms with E-state index < -0.39 is 0 Å². The summed E-state index contributed by atoms with van der Waals surface area (Å²) in [4.78, 5) is 17.0. The number of hydrogen-bond acceptors (Lipinski definition) is 4. The molecule has 0 saturated heterocycles. The number of amides is 1. The lowest BCUT2D eigenvalue weighted by Crippen LogP contribution is -2.16. The van der Waals surface area contributed by atoms with Gasteiger partial charge in [0.1, 0.15) is 5.75 Å². The van der Waals surface area contributed by atoms with Crippen molar-refractivity contribution in [3.05, 3.63) is 35.2 Å². The van der Waals surface area contributed by atoms with Gasteiger partial charge in [0.2, 0.25) is 5.91 Å². The molecule has 0 saturated carbocycles. The smallest absolute Gasteiger partial charge is 0.234 e. The summed E-state index contributed by atoms with van der Waals surface area (Å²) in [5.74, 6) is 1.43. The van der Waals surface area contributed by atoms with E-state index >= 15 is 0 Å². The molecule has 2 aromatic rings. The van der Waals surface area contributed by atoms with E-state index in [2.05, 4.69) is 35.6 Å². The van der Waals surface area contributed by atoms with Crippen molar-refractivity contribution in [1.29, 1.82) is 0 Å². The van der Waals surface area contributed by atoms with Gasteiger partial charge in [0, 0.05) is 12.2 Å². The largest absolute Gasteiger partial charge is 0.495 e. The average Bonchev–Trinajstić information content (AvgIpc) is 2.80. The molecule has 2 rings (SSSR count). The van der Waals surface area contributed by atoms with Gasteiger partial charge in [-0.2, -0.15) is 0 Å². The second-order valence-electron chi connectivity index (χ2n) is 6.61. The summed E-state index contributed by atoms with van der Waals surface area (Å²) in [6, 6.07) is 5.73. The molecule has 25 heavy (non-hydrogen) atoms. The Morgan fingerprint density at radius 2 is 2.04 bits per heavy atom. The van der Waals surface area contributed by atoms with Crippen LogP contribution in [-0.4, -0.2) is 28.3 Å². The molecule has 1 N–H and O–H groups in total. The van der Waals surface area contributed by atoms with Crippen LogP contribution in [0, 0.1) is 26.7 Å². The van der Waals surface area contributed by atoms with Crippen molar-refractivity contribution in [2.45, 2.75) is 46.3 Å². The number of aryl methyl sites for hydroxylation is 2. The number of thioether (sulfide) groups is 1. The lowest BCUT2D eigenvalue weighted by molar-refractivity contribution is -0.113. The fraction of sp³-hybridized carbons (Fsp3) is 0.474. The van der Waals surface area contributed by atoms with Crippen molar-refractivity contribution in [1.82, 2.24) is 9.55 Å². The van der Waals surface area contributed by atoms with Gasteiger partial charge in [0.05, 0.1) is 24.2 Å². The van der Waals surface area contributed by atoms with Gasteiger partial charge in [-0.25, -0.2) is 4.98 Å². The van der Waals surface area contributed by atoms with Crippen molar-refractivity contribution in [2.24, 2.45) is 5.92 Å². The highest BCUT2D eigenvalue weighted by molar-refractivity contribution is 7.99. The maximum atomic E-state index is 12.4. The Labute approximate surface area is 154 Å². The Morgan fingerprint density at radius 3 is 2.68 bits per heavy atom. The number of rotatable bonds is 7. The number of nitrogens with zero attached hydrogens (tertiary/aromatic N) is 2. The van der Waals surface area contributed by atoms with Crippen LogP contribution in [-0.2, 0) is 11.3 Å². The maximum absolute atomic E-state index is 12.4. The zero-order valence-corrected chi connectivity index (χ0v) is 16.7. The Morgan fingerprint density at radius 1 is 1.32 bits per heavy atom. The number of benzene rings is 1. The van der Waals surface area contributed by atoms with Gasteiger partial charge in [-0.05, 0) is 44.4 Å². The highest BCUT2D eigenvalue weighted by Gasteiger charge is 2.15. The highest BCUT2D eigenvalue weighted by Crippen LogP contribution is 2.26. The molecule has 136 valence electrons. The fourth-order valence-corrected chi connectivity index (χ4v) is 3.45. The lowest BCUT2D eigenvalue weighted by Gasteiger charge is -2.13. The first kappa shape index (κ1) is 19.4. The third-order valence-electron chi connectivity index (χ3n) is 3.93. The van der Waals surface area contributed by atoms with Crippen molar-refractivity contribution in [2.75, 3.05) is 18.2 Å². The monoisotopic (exact) mass is 361 g/mol. The summed E-state index contributed by atoms with van der Waals surface area (Å²) in [6.07, 6.45) is 0. The van der Waals surface area contributed by atoms with E-state index in [4.69, 9.17) is 4.74 Å². The number of ether oxygens (including phenoxy) is 1. The average molecular weight is 362 g/mol. The molecule has 6 heteroatoms. The van der Waals surface area contributed by atoms with E-state index in [9.17, 15) is 4.79 Å². The number of imidazole rings is 1. The normalized spacial score (nSPS) is 11.0. The van der Waals surface area contributed by atoms with E-state index in [0.29, 0.717) is 23.1 Å². The van der Waals surface area contributed by atoms with E-state index in [1.54, 1.807) is 7.11 Å². The second kappa shape index (κ2) is 8.43. The second-order valence-corrected chi connectivity index (χ2v) is 7.55. The van der Waals surface area contributed by atoms with Crippen LogP contribution in [0.3, 0.4) is 0 Å². The molecule has 0 aliphatic rings. The van der Waals surface area contributed by atoms with Crippen LogP contribution in [0.15, 0.2) is 23.4 Å². The molecule has 1 heterocycles. The molecule has 5 nitrogen and oxygen atoms in total. The fourth-order valence-electron chi connectivity index (χ4n) is 2.55. The van der Waals surface area contributed by atoms with Crippen molar-refractivity contribution in [3.63, 3.8) is 0 Å². The first-order valence-corrected chi connectivity index (χ1v) is 9.41. The topological polar surface area (TPSA) is 56.1 Å². The van der Waals surface area contributed by atoms with Gasteiger partial charge >= 0.3 is 0 Å². The van der Waals surface area contributed by atoms with E-state index in [0.717, 1.165) is 28.7 Å². The van der Waals surface area contributed by atoms with Crippen LogP contribution in [0.1, 0.15) is 30.8 Å². The number of aromatic nitrogens is 2. The predicted octanol–water partition coefficient (Wildman–Crippen LogP) is 4.20. The summed E-state index contributed by atoms with van der Waals surface area (Å²) >= 11 is 1.47. The Kier molecular flexibility index (Phi) is 6.53. The minimum absolute atomic E-state index is 0.0664. The molecule has 0 radical (unpaired) electrons. The van der Waals surface area contributed by atoms with Crippen molar-refractivity contribution in [3.8, 4) is 5.75 Å². The molecule has 0 unspecified atom stereocenters. The van der Waals surface area contributed by atoms with Crippen LogP contribution in [0.5, 0.6) is 5.75 Å². The number of hydrogen-bond donors (Lipinski definition) is 1. The summed E-state index contributed by atoms with van der Waals surface area (Å²) in [5, 5.41) is 3.83. The predicted molar refractivity (Wildman–Crippen MR) is 104 cm³/mol. The number of nitrogens with one attached hydrogen (secondary N) is 1. The Balaban J connectivity index is 2.06. The van der Waals surface area contributed by atoms with Gasteiger partial charge < -0.3 is 14.6 Å². The van der Waals surface area contributed by atoms with Crippen LogP contribution in [0.4, 0.5) is 5.69 Å². The molecule has 1 amide bonds. The van der Waals surface area contributed by atoms with Crippen LogP contribution < -0.4 is 10.1 Å². The molecule has 0 aliphatic carbocycles. The Hall–Kier alpha value is -1.95. The van der Waals surface area contributed by atoms with E-state index in [1.165, 1.54) is 11.8 Å². The first-order chi connectivity index (χ1) is 11.8. The highest BCUT2D eigenvalue weighted by atomic mass is 32.2. The van der Waals surface area contributed by atoms with Crippen molar-refractivity contribution < 1.29 is 9.53 Å². The van der Waals surface area contributed by atoms with Gasteiger partial charge in [-0.3, -0.25) is 4.79 Å². The van der Waals surface area contributed by atoms with Gasteiger partial charge in [0.15, 0.2) is 5.16 Å². The minimum atomic E-state index is -0.0664. The molecule has 0 bridgehead atoms. The summed E-state index contributed by atoms with van der Waals surface area (Å²) in [6.45, 7) is 11.3. The molecule has 0 spiro atoms. The maximum Gasteiger partial charge on any atom is 0.234 e. The van der Waals surface area contributed by atoms with Crippen LogP contribution in [0.25, 0.3) is 0 Å². The number of carbonyl (C=O) groups is 1. The third-order valence-corrected chi connectivity index (χ3v) is 4.91. The van der Waals surface area contributed by atoms with Crippen LogP contribution in [0.2, 0.25) is 0 Å². The first-order valence-electron chi connectivity index (χ1n) is 8.42. The van der Waals surface area contributed by atoms with Gasteiger partial charge in [0.25, 0.3) is 0 Å². The summed E-state index contributed by atoms with van der Waals surface area (Å²) in [5.41, 5.74) is 3.95. The Bertz CT molecular complexity index is 753. The minimum Gasteiger partial charge on any atom is -0.495 e. The molecule has 1 aromatic carbocycles. The van der Waals surface area contributed by atoms with Crippen molar-refractivity contribution >= 4 is 23.4 Å². The third kappa shape index (κ3) is 5.01. The summed E-state index contributed by atoms with van der Waals surface area (Å²) in [7, 11) is 1.60. The van der Waals surface area contributed by atoms with Gasteiger partial charge in [-0.1, -0.05) is 31.7 Å². The molecular weight excluding hydrogens is 334 g/mol. The van der Waals surface area contributed by atoms with Gasteiger partial charge in [-0.15, -0.1) is 0 Å². The molecular formula is C19H27N3O2S. The molecule has 1 aromatic heterocycles.